The van der Waals surface area contributed by atoms with Crippen LogP contribution in [0, 0.1) is 11.6 Å². The fourth-order valence-electron chi connectivity index (χ4n) is 4.51. The molecular formula is C25H20F2N4O3. The number of fused-ring (bicyclic) bond motifs is 6. The molecule has 1 aliphatic rings. The van der Waals surface area contributed by atoms with Crippen LogP contribution in [0.3, 0.4) is 0 Å². The number of nitrogens with one attached hydrogen (secondary N) is 3. The van der Waals surface area contributed by atoms with Gasteiger partial charge in [-0.1, -0.05) is 12.1 Å². The first-order valence-electron chi connectivity index (χ1n) is 10.9. The molecule has 3 aromatic carbocycles. The van der Waals surface area contributed by atoms with Crippen LogP contribution in [-0.4, -0.2) is 47.4 Å². The molecule has 0 bridgehead atoms. The standard InChI is InChI=1S/C25H20F2N4O3/c26-18-2-1-3-19(27)21(18)24-30-22-15-5-4-13(29-11-14-12-33-8-9-34-14)10-17(15)20-16(23(22)31-24)6-7-28-25(20)32/h1-7,10,14,29H,8-9,11-12H2,(H,28,32)(H,30,31). The zero-order chi connectivity index (χ0) is 23.2. The van der Waals surface area contributed by atoms with Gasteiger partial charge in [-0.25, -0.2) is 13.8 Å². The lowest BCUT2D eigenvalue weighted by molar-refractivity contribution is -0.0818. The zero-order valence-electron chi connectivity index (χ0n) is 18.0. The van der Waals surface area contributed by atoms with E-state index in [9.17, 15) is 13.6 Å². The highest BCUT2D eigenvalue weighted by Gasteiger charge is 2.20. The first-order chi connectivity index (χ1) is 16.6. The van der Waals surface area contributed by atoms with Gasteiger partial charge in [-0.15, -0.1) is 0 Å². The van der Waals surface area contributed by atoms with Crippen LogP contribution in [0.1, 0.15) is 0 Å². The average Bonchev–Trinajstić information content (AvgIpc) is 3.28. The quantitative estimate of drug-likeness (QED) is 0.346. The van der Waals surface area contributed by atoms with Crippen molar-refractivity contribution in [3.05, 3.63) is 70.6 Å². The van der Waals surface area contributed by atoms with Crippen LogP contribution in [0.25, 0.3) is 44.0 Å². The summed E-state index contributed by atoms with van der Waals surface area (Å²) in [5.41, 5.74) is 1.37. The molecule has 1 aliphatic heterocycles. The first kappa shape index (κ1) is 20.8. The number of imidazole rings is 1. The fourth-order valence-corrected chi connectivity index (χ4v) is 4.51. The van der Waals surface area contributed by atoms with Crippen LogP contribution in [0.5, 0.6) is 0 Å². The Morgan fingerprint density at radius 2 is 1.91 bits per heavy atom. The second kappa shape index (κ2) is 8.19. The molecule has 0 saturated carbocycles. The number of pyridine rings is 1. The molecule has 1 saturated heterocycles. The van der Waals surface area contributed by atoms with Crippen molar-refractivity contribution in [1.29, 1.82) is 0 Å². The maximum absolute atomic E-state index is 14.5. The molecule has 1 atom stereocenters. The van der Waals surface area contributed by atoms with Crippen LogP contribution in [0.15, 0.2) is 53.5 Å². The van der Waals surface area contributed by atoms with Crippen molar-refractivity contribution in [1.82, 2.24) is 15.0 Å². The van der Waals surface area contributed by atoms with Crippen molar-refractivity contribution in [2.75, 3.05) is 31.7 Å². The number of halogens is 2. The Morgan fingerprint density at radius 3 is 2.71 bits per heavy atom. The second-order valence-electron chi connectivity index (χ2n) is 8.21. The van der Waals surface area contributed by atoms with Crippen molar-refractivity contribution in [3.8, 4) is 11.4 Å². The van der Waals surface area contributed by atoms with E-state index in [0.717, 1.165) is 11.1 Å². The Hall–Kier alpha value is -3.82. The van der Waals surface area contributed by atoms with Gasteiger partial charge in [-0.2, -0.15) is 0 Å². The Bertz CT molecular complexity index is 1590. The molecule has 0 spiro atoms. The van der Waals surface area contributed by atoms with E-state index in [4.69, 9.17) is 9.47 Å². The summed E-state index contributed by atoms with van der Waals surface area (Å²) < 4.78 is 40.1. The van der Waals surface area contributed by atoms with Gasteiger partial charge in [0.2, 0.25) is 0 Å². The number of anilines is 1. The molecule has 0 radical (unpaired) electrons. The Balaban J connectivity index is 1.54. The van der Waals surface area contributed by atoms with E-state index < -0.39 is 11.6 Å². The van der Waals surface area contributed by atoms with Crippen molar-refractivity contribution < 1.29 is 18.3 Å². The fraction of sp³-hybridized carbons (Fsp3) is 0.200. The summed E-state index contributed by atoms with van der Waals surface area (Å²) >= 11 is 0. The normalized spacial score (nSPS) is 16.5. The van der Waals surface area contributed by atoms with Gasteiger partial charge in [-0.05, 0) is 35.7 Å². The third kappa shape index (κ3) is 3.41. The summed E-state index contributed by atoms with van der Waals surface area (Å²) in [6, 6.07) is 11.1. The summed E-state index contributed by atoms with van der Waals surface area (Å²) in [6.07, 6.45) is 1.48. The minimum atomic E-state index is -0.717. The molecule has 3 heterocycles. The van der Waals surface area contributed by atoms with Crippen LogP contribution in [0.4, 0.5) is 14.5 Å². The van der Waals surface area contributed by atoms with Gasteiger partial charge < -0.3 is 24.8 Å². The average molecular weight is 462 g/mol. The van der Waals surface area contributed by atoms with Crippen LogP contribution in [0.2, 0.25) is 0 Å². The summed E-state index contributed by atoms with van der Waals surface area (Å²) in [7, 11) is 0. The van der Waals surface area contributed by atoms with Gasteiger partial charge in [0.25, 0.3) is 5.56 Å². The maximum Gasteiger partial charge on any atom is 0.256 e. The number of nitrogens with zero attached hydrogens (tertiary/aromatic N) is 1. The van der Waals surface area contributed by atoms with E-state index in [-0.39, 0.29) is 23.1 Å². The number of benzene rings is 3. The van der Waals surface area contributed by atoms with Crippen LogP contribution in [-0.2, 0) is 9.47 Å². The minimum absolute atomic E-state index is 0.0575. The molecule has 172 valence electrons. The van der Waals surface area contributed by atoms with Crippen molar-refractivity contribution >= 4 is 38.3 Å². The molecule has 3 N–H and O–H groups in total. The van der Waals surface area contributed by atoms with Crippen LogP contribution < -0.4 is 10.9 Å². The molecule has 6 rings (SSSR count). The second-order valence-corrected chi connectivity index (χ2v) is 8.21. The van der Waals surface area contributed by atoms with E-state index in [0.29, 0.717) is 53.6 Å². The summed E-state index contributed by atoms with van der Waals surface area (Å²) in [4.78, 5) is 23.2. The SMILES string of the molecule is O=c1[nH]ccc2c3nc(-c4c(F)cccc4F)[nH]c3c3ccc(NCC4COCCO4)cc3c12. The Morgan fingerprint density at radius 1 is 1.06 bits per heavy atom. The Labute approximate surface area is 191 Å². The van der Waals surface area contributed by atoms with Crippen LogP contribution >= 0.6 is 0 Å². The largest absolute Gasteiger partial charge is 0.382 e. The van der Waals surface area contributed by atoms with E-state index in [1.165, 1.54) is 24.4 Å². The topological polar surface area (TPSA) is 92.0 Å². The molecule has 1 fully saturated rings. The number of hydrogen-bond donors (Lipinski definition) is 3. The number of aromatic nitrogens is 3. The van der Waals surface area contributed by atoms with Crippen molar-refractivity contribution in [3.63, 3.8) is 0 Å². The maximum atomic E-state index is 14.5. The third-order valence-corrected chi connectivity index (χ3v) is 6.10. The minimum Gasteiger partial charge on any atom is -0.382 e. The number of hydrogen-bond acceptors (Lipinski definition) is 5. The van der Waals surface area contributed by atoms with E-state index in [1.54, 1.807) is 6.07 Å². The van der Waals surface area contributed by atoms with Gasteiger partial charge in [-0.3, -0.25) is 4.79 Å². The zero-order valence-corrected chi connectivity index (χ0v) is 18.0. The summed E-state index contributed by atoms with van der Waals surface area (Å²) in [5, 5.41) is 5.80. The predicted molar refractivity (Wildman–Crippen MR) is 126 cm³/mol. The molecule has 34 heavy (non-hydrogen) atoms. The smallest absolute Gasteiger partial charge is 0.256 e. The molecule has 0 aliphatic carbocycles. The summed E-state index contributed by atoms with van der Waals surface area (Å²) in [6.45, 7) is 2.24. The lowest BCUT2D eigenvalue weighted by Gasteiger charge is -2.23. The highest BCUT2D eigenvalue weighted by molar-refractivity contribution is 6.23. The lowest BCUT2D eigenvalue weighted by atomic mass is 10.0. The number of aromatic amines is 2. The van der Waals surface area contributed by atoms with Gasteiger partial charge in [0.15, 0.2) is 0 Å². The monoisotopic (exact) mass is 462 g/mol. The molecule has 1 unspecified atom stereocenters. The molecular weight excluding hydrogens is 442 g/mol. The van der Waals surface area contributed by atoms with Gasteiger partial charge in [0, 0.05) is 29.2 Å². The molecule has 0 amide bonds. The first-order valence-corrected chi connectivity index (χ1v) is 10.9. The third-order valence-electron chi connectivity index (χ3n) is 6.10. The highest BCUT2D eigenvalue weighted by Crippen LogP contribution is 2.36. The Kier molecular flexibility index (Phi) is 5.00. The van der Waals surface area contributed by atoms with E-state index >= 15 is 0 Å². The van der Waals surface area contributed by atoms with Gasteiger partial charge in [0.1, 0.15) is 17.5 Å². The van der Waals surface area contributed by atoms with E-state index in [1.807, 2.05) is 18.2 Å². The van der Waals surface area contributed by atoms with Gasteiger partial charge >= 0.3 is 0 Å². The number of ether oxygens (including phenoxy) is 2. The van der Waals surface area contributed by atoms with Crippen molar-refractivity contribution in [2.24, 2.45) is 0 Å². The highest BCUT2D eigenvalue weighted by atomic mass is 19.1. The number of H-pyrrole nitrogens is 2. The molecule has 9 heteroatoms. The molecule has 7 nitrogen and oxygen atoms in total. The predicted octanol–water partition coefficient (Wildman–Crippen LogP) is 4.33. The van der Waals surface area contributed by atoms with Gasteiger partial charge in [0.05, 0.1) is 47.9 Å². The number of rotatable bonds is 4. The van der Waals surface area contributed by atoms with E-state index in [2.05, 4.69) is 20.3 Å². The summed E-state index contributed by atoms with van der Waals surface area (Å²) in [5.74, 6) is -1.37. The van der Waals surface area contributed by atoms with Crippen molar-refractivity contribution in [2.45, 2.75) is 6.10 Å². The molecule has 5 aromatic rings. The molecule has 2 aromatic heterocycles. The lowest BCUT2D eigenvalue weighted by Crippen LogP contribution is -2.34.